The summed E-state index contributed by atoms with van der Waals surface area (Å²) in [5, 5.41) is 8.59. The van der Waals surface area contributed by atoms with Crippen molar-refractivity contribution in [2.75, 3.05) is 6.61 Å². The van der Waals surface area contributed by atoms with Crippen molar-refractivity contribution in [3.8, 4) is 11.8 Å². The van der Waals surface area contributed by atoms with Crippen molar-refractivity contribution in [1.29, 1.82) is 5.26 Å². The zero-order valence-electron chi connectivity index (χ0n) is 9.75. The number of nitrogens with zero attached hydrogens (tertiary/aromatic N) is 1. The van der Waals surface area contributed by atoms with Crippen LogP contribution in [-0.2, 0) is 14.3 Å². The van der Waals surface area contributed by atoms with Gasteiger partial charge in [-0.2, -0.15) is 5.26 Å². The summed E-state index contributed by atoms with van der Waals surface area (Å²) in [5.74, 6) is -0.981. The monoisotopic (exact) mass is 248 g/mol. The Kier molecular flexibility index (Phi) is 4.69. The number of nitrogens with two attached hydrogens (primary N) is 1. The third kappa shape index (κ3) is 4.14. The van der Waals surface area contributed by atoms with Crippen LogP contribution in [0, 0.1) is 11.3 Å². The van der Waals surface area contributed by atoms with E-state index < -0.39 is 18.0 Å². The van der Waals surface area contributed by atoms with E-state index in [-0.39, 0.29) is 6.61 Å². The summed E-state index contributed by atoms with van der Waals surface area (Å²) in [4.78, 5) is 21.9. The van der Waals surface area contributed by atoms with E-state index in [4.69, 9.17) is 15.7 Å². The Balaban J connectivity index is 2.43. The molecule has 1 aromatic rings. The van der Waals surface area contributed by atoms with E-state index >= 15 is 0 Å². The first-order chi connectivity index (χ1) is 8.52. The van der Waals surface area contributed by atoms with Crippen LogP contribution in [0.1, 0.15) is 12.5 Å². The number of carbonyl (C=O) groups is 2. The van der Waals surface area contributed by atoms with Crippen LogP contribution < -0.4 is 10.5 Å². The third-order valence-corrected chi connectivity index (χ3v) is 2.05. The number of carbonyl (C=O) groups excluding carboxylic acids is 2. The number of amides is 1. The minimum atomic E-state index is -0.984. The highest BCUT2D eigenvalue weighted by Crippen LogP contribution is 2.11. The Morgan fingerprint density at radius 1 is 1.39 bits per heavy atom. The molecule has 18 heavy (non-hydrogen) atoms. The first-order valence-corrected chi connectivity index (χ1v) is 5.14. The van der Waals surface area contributed by atoms with Gasteiger partial charge in [-0.25, -0.2) is 4.79 Å². The molecule has 6 heteroatoms. The molecule has 94 valence electrons. The second kappa shape index (κ2) is 6.25. The molecule has 0 heterocycles. The quantitative estimate of drug-likeness (QED) is 0.757. The van der Waals surface area contributed by atoms with Crippen molar-refractivity contribution in [3.63, 3.8) is 0 Å². The summed E-state index contributed by atoms with van der Waals surface area (Å²) in [7, 11) is 0. The minimum Gasteiger partial charge on any atom is -0.482 e. The lowest BCUT2D eigenvalue weighted by Gasteiger charge is -2.10. The highest BCUT2D eigenvalue weighted by molar-refractivity contribution is 5.82. The predicted molar refractivity (Wildman–Crippen MR) is 61.4 cm³/mol. The van der Waals surface area contributed by atoms with Crippen molar-refractivity contribution in [1.82, 2.24) is 0 Å². The largest absolute Gasteiger partial charge is 0.482 e. The SMILES string of the molecule is C[C@H](OC(=O)COc1ccc(C#N)cc1)C(N)=O. The van der Waals surface area contributed by atoms with Gasteiger partial charge in [0.15, 0.2) is 12.7 Å². The fourth-order valence-corrected chi connectivity index (χ4v) is 1.06. The molecule has 0 aromatic heterocycles. The Hall–Kier alpha value is -2.55. The lowest BCUT2D eigenvalue weighted by atomic mass is 10.2. The summed E-state index contributed by atoms with van der Waals surface area (Å²) in [6.07, 6.45) is -0.984. The lowest BCUT2D eigenvalue weighted by molar-refractivity contribution is -0.155. The maximum Gasteiger partial charge on any atom is 0.344 e. The van der Waals surface area contributed by atoms with E-state index in [0.717, 1.165) is 0 Å². The average molecular weight is 248 g/mol. The minimum absolute atomic E-state index is 0.330. The van der Waals surface area contributed by atoms with Crippen LogP contribution >= 0.6 is 0 Å². The van der Waals surface area contributed by atoms with Gasteiger partial charge in [-0.1, -0.05) is 0 Å². The number of hydrogen-bond donors (Lipinski definition) is 1. The molecule has 1 atom stereocenters. The van der Waals surface area contributed by atoms with Crippen LogP contribution in [0.4, 0.5) is 0 Å². The maximum absolute atomic E-state index is 11.2. The van der Waals surface area contributed by atoms with Crippen LogP contribution in [0.3, 0.4) is 0 Å². The normalized spacial score (nSPS) is 11.1. The van der Waals surface area contributed by atoms with E-state index in [9.17, 15) is 9.59 Å². The van der Waals surface area contributed by atoms with Gasteiger partial charge in [0.25, 0.3) is 5.91 Å². The average Bonchev–Trinajstić information content (AvgIpc) is 2.36. The molecule has 1 aromatic carbocycles. The molecule has 0 bridgehead atoms. The predicted octanol–water partition coefficient (Wildman–Crippen LogP) is 0.354. The van der Waals surface area contributed by atoms with Crippen LogP contribution in [0.15, 0.2) is 24.3 Å². The summed E-state index contributed by atoms with van der Waals surface area (Å²) < 4.78 is 9.80. The summed E-state index contributed by atoms with van der Waals surface area (Å²) in [6, 6.07) is 8.20. The lowest BCUT2D eigenvalue weighted by Crippen LogP contribution is -2.32. The van der Waals surface area contributed by atoms with Gasteiger partial charge in [0.1, 0.15) is 5.75 Å². The number of hydrogen-bond acceptors (Lipinski definition) is 5. The molecular weight excluding hydrogens is 236 g/mol. The number of rotatable bonds is 5. The van der Waals surface area contributed by atoms with Crippen LogP contribution in [-0.4, -0.2) is 24.6 Å². The van der Waals surface area contributed by atoms with Gasteiger partial charge in [-0.15, -0.1) is 0 Å². The third-order valence-electron chi connectivity index (χ3n) is 2.05. The number of benzene rings is 1. The molecule has 0 saturated heterocycles. The van der Waals surface area contributed by atoms with Gasteiger partial charge in [0, 0.05) is 0 Å². The number of esters is 1. The molecule has 0 fully saturated rings. The van der Waals surface area contributed by atoms with Crippen molar-refractivity contribution >= 4 is 11.9 Å². The topological polar surface area (TPSA) is 102 Å². The van der Waals surface area contributed by atoms with Crippen molar-refractivity contribution in [2.45, 2.75) is 13.0 Å². The van der Waals surface area contributed by atoms with E-state index in [2.05, 4.69) is 4.74 Å². The zero-order valence-corrected chi connectivity index (χ0v) is 9.75. The van der Waals surface area contributed by atoms with E-state index in [0.29, 0.717) is 11.3 Å². The van der Waals surface area contributed by atoms with Crippen molar-refractivity contribution < 1.29 is 19.1 Å². The summed E-state index contributed by atoms with van der Waals surface area (Å²) >= 11 is 0. The van der Waals surface area contributed by atoms with Gasteiger partial charge in [-0.05, 0) is 31.2 Å². The number of nitriles is 1. The number of primary amides is 1. The van der Waals surface area contributed by atoms with E-state index in [1.807, 2.05) is 6.07 Å². The smallest absolute Gasteiger partial charge is 0.344 e. The first kappa shape index (κ1) is 13.5. The summed E-state index contributed by atoms with van der Waals surface area (Å²) in [6.45, 7) is 1.05. The highest BCUT2D eigenvalue weighted by Gasteiger charge is 2.14. The highest BCUT2D eigenvalue weighted by atomic mass is 16.6. The molecule has 2 N–H and O–H groups in total. The molecule has 0 aliphatic carbocycles. The maximum atomic E-state index is 11.2. The Bertz CT molecular complexity index is 476. The fourth-order valence-electron chi connectivity index (χ4n) is 1.06. The second-order valence-electron chi connectivity index (χ2n) is 3.46. The van der Waals surface area contributed by atoms with Gasteiger partial charge in [0.05, 0.1) is 11.6 Å². The molecule has 6 nitrogen and oxygen atoms in total. The van der Waals surface area contributed by atoms with Gasteiger partial charge in [-0.3, -0.25) is 4.79 Å². The van der Waals surface area contributed by atoms with Gasteiger partial charge in [0.2, 0.25) is 0 Å². The molecule has 0 aliphatic heterocycles. The number of ether oxygens (including phenoxy) is 2. The first-order valence-electron chi connectivity index (χ1n) is 5.14. The molecule has 1 rings (SSSR count). The van der Waals surface area contributed by atoms with Crippen molar-refractivity contribution in [2.24, 2.45) is 5.73 Å². The molecule has 0 spiro atoms. The van der Waals surface area contributed by atoms with Gasteiger partial charge >= 0.3 is 5.97 Å². The Morgan fingerprint density at radius 3 is 2.50 bits per heavy atom. The molecular formula is C12H12N2O4. The molecule has 0 radical (unpaired) electrons. The van der Waals surface area contributed by atoms with Crippen LogP contribution in [0.5, 0.6) is 5.75 Å². The van der Waals surface area contributed by atoms with Crippen LogP contribution in [0.2, 0.25) is 0 Å². The molecule has 0 unspecified atom stereocenters. The zero-order chi connectivity index (χ0) is 13.5. The molecule has 0 saturated carbocycles. The standard InChI is InChI=1S/C12H12N2O4/c1-8(12(14)16)18-11(15)7-17-10-4-2-9(6-13)3-5-10/h2-5,8H,7H2,1H3,(H2,14,16)/t8-/m0/s1. The summed E-state index contributed by atoms with van der Waals surface area (Å²) in [5.41, 5.74) is 5.43. The van der Waals surface area contributed by atoms with E-state index in [1.165, 1.54) is 6.92 Å². The Morgan fingerprint density at radius 2 is 2.00 bits per heavy atom. The van der Waals surface area contributed by atoms with Crippen LogP contribution in [0.25, 0.3) is 0 Å². The molecule has 0 aliphatic rings. The second-order valence-corrected chi connectivity index (χ2v) is 3.46. The Labute approximate surface area is 104 Å². The van der Waals surface area contributed by atoms with Crippen molar-refractivity contribution in [3.05, 3.63) is 29.8 Å². The van der Waals surface area contributed by atoms with Gasteiger partial charge < -0.3 is 15.2 Å². The fraction of sp³-hybridized carbons (Fsp3) is 0.250. The molecule has 1 amide bonds. The van der Waals surface area contributed by atoms with E-state index in [1.54, 1.807) is 24.3 Å².